The number of nitrogens with zero attached hydrogens (tertiary/aromatic N) is 1. The van der Waals surface area contributed by atoms with Gasteiger partial charge in [-0.05, 0) is 56.1 Å². The Bertz CT molecular complexity index is 244. The Kier molecular flexibility index (Phi) is 4.71. The minimum Gasteiger partial charge on any atom is -0.316 e. The molecule has 0 spiro atoms. The molecular formula is C16H32N2. The van der Waals surface area contributed by atoms with Crippen LogP contribution in [0.3, 0.4) is 0 Å². The molecule has 1 heterocycles. The summed E-state index contributed by atoms with van der Waals surface area (Å²) in [7, 11) is 0. The Hall–Kier alpha value is -0.0800. The van der Waals surface area contributed by atoms with Crippen LogP contribution in [-0.4, -0.2) is 37.6 Å². The topological polar surface area (TPSA) is 15.3 Å². The molecule has 0 aromatic heterocycles. The number of rotatable bonds is 5. The van der Waals surface area contributed by atoms with Gasteiger partial charge in [-0.15, -0.1) is 0 Å². The van der Waals surface area contributed by atoms with Gasteiger partial charge in [0.05, 0.1) is 0 Å². The molecule has 0 atom stereocenters. The summed E-state index contributed by atoms with van der Waals surface area (Å²) < 4.78 is 0. The molecule has 0 unspecified atom stereocenters. The zero-order valence-electron chi connectivity index (χ0n) is 12.7. The molecule has 2 nitrogen and oxygen atoms in total. The monoisotopic (exact) mass is 252 g/mol. The van der Waals surface area contributed by atoms with Crippen LogP contribution < -0.4 is 5.32 Å². The lowest BCUT2D eigenvalue weighted by Crippen LogP contribution is -2.46. The maximum atomic E-state index is 3.61. The third-order valence-electron chi connectivity index (χ3n) is 5.18. The van der Waals surface area contributed by atoms with E-state index in [9.17, 15) is 0 Å². The number of hydrogen-bond acceptors (Lipinski definition) is 2. The van der Waals surface area contributed by atoms with Crippen LogP contribution in [0.15, 0.2) is 0 Å². The van der Waals surface area contributed by atoms with Crippen LogP contribution in [0.1, 0.15) is 59.3 Å². The molecule has 0 amide bonds. The first kappa shape index (κ1) is 14.3. The second-order valence-corrected chi connectivity index (χ2v) is 7.43. The zero-order valence-corrected chi connectivity index (χ0v) is 12.7. The Labute approximate surface area is 114 Å². The van der Waals surface area contributed by atoms with Crippen molar-refractivity contribution in [3.8, 4) is 0 Å². The first-order chi connectivity index (χ1) is 8.55. The van der Waals surface area contributed by atoms with Crippen molar-refractivity contribution in [2.24, 2.45) is 10.8 Å². The van der Waals surface area contributed by atoms with Crippen LogP contribution in [0.2, 0.25) is 0 Å². The van der Waals surface area contributed by atoms with Gasteiger partial charge in [0.2, 0.25) is 0 Å². The van der Waals surface area contributed by atoms with Gasteiger partial charge >= 0.3 is 0 Å². The van der Waals surface area contributed by atoms with Crippen molar-refractivity contribution in [3.05, 3.63) is 0 Å². The van der Waals surface area contributed by atoms with Gasteiger partial charge in [-0.25, -0.2) is 0 Å². The highest BCUT2D eigenvalue weighted by molar-refractivity contribution is 4.91. The summed E-state index contributed by atoms with van der Waals surface area (Å²) in [5.41, 5.74) is 1.18. The molecule has 0 aromatic rings. The summed E-state index contributed by atoms with van der Waals surface area (Å²) in [5.74, 6) is 0. The smallest absolute Gasteiger partial charge is 0.00501 e. The van der Waals surface area contributed by atoms with Gasteiger partial charge in [0.15, 0.2) is 0 Å². The molecule has 0 radical (unpaired) electrons. The average molecular weight is 252 g/mol. The molecular weight excluding hydrogens is 220 g/mol. The van der Waals surface area contributed by atoms with Crippen molar-refractivity contribution in [1.82, 2.24) is 10.2 Å². The Morgan fingerprint density at radius 1 is 1.00 bits per heavy atom. The van der Waals surface area contributed by atoms with Crippen LogP contribution >= 0.6 is 0 Å². The van der Waals surface area contributed by atoms with Crippen molar-refractivity contribution in [2.75, 3.05) is 32.7 Å². The summed E-state index contributed by atoms with van der Waals surface area (Å²) in [6, 6.07) is 0. The van der Waals surface area contributed by atoms with E-state index >= 15 is 0 Å². The highest BCUT2D eigenvalue weighted by Crippen LogP contribution is 2.40. The minimum atomic E-state index is 0.584. The molecule has 2 fully saturated rings. The lowest BCUT2D eigenvalue weighted by molar-refractivity contribution is 0.0830. The largest absolute Gasteiger partial charge is 0.316 e. The molecule has 18 heavy (non-hydrogen) atoms. The quantitative estimate of drug-likeness (QED) is 0.808. The predicted octanol–water partition coefficient (Wildman–Crippen LogP) is 3.28. The van der Waals surface area contributed by atoms with Gasteiger partial charge in [-0.2, -0.15) is 0 Å². The van der Waals surface area contributed by atoms with Gasteiger partial charge < -0.3 is 10.2 Å². The fourth-order valence-electron chi connectivity index (χ4n) is 3.70. The first-order valence-electron chi connectivity index (χ1n) is 7.98. The first-order valence-corrected chi connectivity index (χ1v) is 7.98. The summed E-state index contributed by atoms with van der Waals surface area (Å²) in [4.78, 5) is 2.74. The van der Waals surface area contributed by atoms with E-state index in [-0.39, 0.29) is 0 Å². The normalized spacial score (nSPS) is 27.5. The standard InChI is InChI=1S/C16H32N2/c1-4-17-13-16(7-5-6-8-16)14-18-11-9-15(2,3)10-12-18/h17H,4-14H2,1-3H3. The van der Waals surface area contributed by atoms with Crippen LogP contribution in [0, 0.1) is 10.8 Å². The van der Waals surface area contributed by atoms with Gasteiger partial charge in [0, 0.05) is 13.1 Å². The van der Waals surface area contributed by atoms with Gasteiger partial charge in [-0.3, -0.25) is 0 Å². The molecule has 106 valence electrons. The molecule has 1 aliphatic carbocycles. The molecule has 1 saturated carbocycles. The number of nitrogens with one attached hydrogen (secondary N) is 1. The van der Waals surface area contributed by atoms with Gasteiger partial charge in [0.25, 0.3) is 0 Å². The van der Waals surface area contributed by atoms with Crippen LogP contribution in [0.5, 0.6) is 0 Å². The van der Waals surface area contributed by atoms with E-state index in [1.54, 1.807) is 0 Å². The SMILES string of the molecule is CCNCC1(CN2CCC(C)(C)CC2)CCCC1. The highest BCUT2D eigenvalue weighted by Gasteiger charge is 2.36. The van der Waals surface area contributed by atoms with E-state index < -0.39 is 0 Å². The Morgan fingerprint density at radius 2 is 1.61 bits per heavy atom. The summed E-state index contributed by atoms with van der Waals surface area (Å²) in [5, 5.41) is 3.61. The third kappa shape index (κ3) is 3.71. The van der Waals surface area contributed by atoms with E-state index in [4.69, 9.17) is 0 Å². The number of piperidine rings is 1. The van der Waals surface area contributed by atoms with Crippen molar-refractivity contribution in [1.29, 1.82) is 0 Å². The molecule has 2 rings (SSSR count). The Morgan fingerprint density at radius 3 is 2.17 bits per heavy atom. The second kappa shape index (κ2) is 5.92. The minimum absolute atomic E-state index is 0.584. The maximum Gasteiger partial charge on any atom is 0.00501 e. The predicted molar refractivity (Wildman–Crippen MR) is 78.9 cm³/mol. The van der Waals surface area contributed by atoms with Crippen molar-refractivity contribution < 1.29 is 0 Å². The Balaban J connectivity index is 1.86. The van der Waals surface area contributed by atoms with E-state index in [0.29, 0.717) is 10.8 Å². The summed E-state index contributed by atoms with van der Waals surface area (Å²) >= 11 is 0. The molecule has 1 saturated heterocycles. The zero-order chi connectivity index (χ0) is 13.1. The molecule has 2 aliphatic rings. The molecule has 1 N–H and O–H groups in total. The number of likely N-dealkylation sites (tertiary alicyclic amines) is 1. The average Bonchev–Trinajstić information content (AvgIpc) is 2.79. The third-order valence-corrected chi connectivity index (χ3v) is 5.18. The second-order valence-electron chi connectivity index (χ2n) is 7.43. The summed E-state index contributed by atoms with van der Waals surface area (Å²) in [6.45, 7) is 13.4. The van der Waals surface area contributed by atoms with E-state index in [1.165, 1.54) is 64.7 Å². The maximum absolute atomic E-state index is 3.61. The molecule has 2 heteroatoms. The van der Waals surface area contributed by atoms with Crippen molar-refractivity contribution in [3.63, 3.8) is 0 Å². The van der Waals surface area contributed by atoms with E-state index in [1.807, 2.05) is 0 Å². The van der Waals surface area contributed by atoms with E-state index in [0.717, 1.165) is 6.54 Å². The summed E-state index contributed by atoms with van der Waals surface area (Å²) in [6.07, 6.45) is 8.55. The highest BCUT2D eigenvalue weighted by atomic mass is 15.1. The molecule has 1 aliphatic heterocycles. The lowest BCUT2D eigenvalue weighted by Gasteiger charge is -2.42. The fourth-order valence-corrected chi connectivity index (χ4v) is 3.70. The van der Waals surface area contributed by atoms with Crippen LogP contribution in [0.4, 0.5) is 0 Å². The van der Waals surface area contributed by atoms with Gasteiger partial charge in [0.1, 0.15) is 0 Å². The molecule has 0 aromatic carbocycles. The number of hydrogen-bond donors (Lipinski definition) is 1. The fraction of sp³-hybridized carbons (Fsp3) is 1.00. The van der Waals surface area contributed by atoms with Crippen molar-refractivity contribution in [2.45, 2.75) is 59.3 Å². The van der Waals surface area contributed by atoms with Crippen LogP contribution in [-0.2, 0) is 0 Å². The van der Waals surface area contributed by atoms with Crippen molar-refractivity contribution >= 4 is 0 Å². The van der Waals surface area contributed by atoms with Crippen LogP contribution in [0.25, 0.3) is 0 Å². The van der Waals surface area contributed by atoms with Gasteiger partial charge in [-0.1, -0.05) is 33.6 Å². The molecule has 0 bridgehead atoms. The van der Waals surface area contributed by atoms with E-state index in [2.05, 4.69) is 31.0 Å². The lowest BCUT2D eigenvalue weighted by atomic mass is 9.80.